The largest absolute Gasteiger partial charge is 0.506 e. The second-order valence-electron chi connectivity index (χ2n) is 2.83. The number of allylic oxidation sites excluding steroid dienone is 1. The molecule has 1 aliphatic heterocycles. The first-order valence-corrected chi connectivity index (χ1v) is 5.71. The third-order valence-corrected chi connectivity index (χ3v) is 2.56. The Morgan fingerprint density at radius 1 is 1.27 bits per heavy atom. The summed E-state index contributed by atoms with van der Waals surface area (Å²) < 4.78 is 1.42. The van der Waals surface area contributed by atoms with Crippen molar-refractivity contribution in [3.05, 3.63) is 34.9 Å². The predicted octanol–water partition coefficient (Wildman–Crippen LogP) is 2.66. The van der Waals surface area contributed by atoms with Crippen molar-refractivity contribution in [3.63, 3.8) is 0 Å². The Bertz CT molecular complexity index is 445. The molecule has 4 nitrogen and oxygen atoms in total. The molecule has 0 saturated carbocycles. The molecule has 0 unspecified atom stereocenters. The van der Waals surface area contributed by atoms with Gasteiger partial charge in [0.15, 0.2) is 0 Å². The van der Waals surface area contributed by atoms with Gasteiger partial charge in [-0.15, -0.1) is 5.10 Å². The number of hydrazine groups is 1. The molecule has 0 amide bonds. The zero-order valence-corrected chi connectivity index (χ0v) is 10.7. The summed E-state index contributed by atoms with van der Waals surface area (Å²) in [6.45, 7) is 0. The zero-order valence-electron chi connectivity index (χ0n) is 7.48. The van der Waals surface area contributed by atoms with E-state index in [1.165, 1.54) is 5.12 Å². The summed E-state index contributed by atoms with van der Waals surface area (Å²) in [6, 6.07) is 6.95. The number of nitrogens with one attached hydrogen (secondary N) is 1. The lowest BCUT2D eigenvalue weighted by Crippen LogP contribution is -2.34. The molecule has 78 valence electrons. The van der Waals surface area contributed by atoms with Gasteiger partial charge in [0.25, 0.3) is 0 Å². The molecule has 0 bridgehead atoms. The van der Waals surface area contributed by atoms with Crippen molar-refractivity contribution in [1.82, 2.24) is 5.43 Å². The van der Waals surface area contributed by atoms with Crippen molar-refractivity contribution in [2.24, 2.45) is 5.10 Å². The maximum Gasteiger partial charge on any atom is 0.143 e. The second-order valence-corrected chi connectivity index (χ2v) is 4.49. The van der Waals surface area contributed by atoms with Gasteiger partial charge in [0.2, 0.25) is 0 Å². The van der Waals surface area contributed by atoms with Crippen LogP contribution in [0, 0.1) is 0 Å². The predicted molar refractivity (Wildman–Crippen MR) is 67.1 cm³/mol. The van der Waals surface area contributed by atoms with Crippen molar-refractivity contribution < 1.29 is 5.11 Å². The van der Waals surface area contributed by atoms with E-state index in [4.69, 9.17) is 0 Å². The van der Waals surface area contributed by atoms with Crippen LogP contribution in [0.25, 0.3) is 0 Å². The Balaban J connectivity index is 2.35. The van der Waals surface area contributed by atoms with Crippen LogP contribution in [0.4, 0.5) is 5.69 Å². The number of hydrogen-bond acceptors (Lipinski definition) is 4. The number of benzene rings is 1. The molecule has 0 spiro atoms. The van der Waals surface area contributed by atoms with Gasteiger partial charge in [-0.1, -0.05) is 12.1 Å². The molecule has 1 heterocycles. The van der Waals surface area contributed by atoms with Crippen LogP contribution in [-0.4, -0.2) is 9.73 Å². The van der Waals surface area contributed by atoms with Gasteiger partial charge in [-0.05, 0) is 44.0 Å². The van der Waals surface area contributed by atoms with Crippen LogP contribution in [-0.2, 0) is 0 Å². The molecular formula is C9H7Br2N3O. The number of nitrogens with zero attached hydrogens (tertiary/aromatic N) is 2. The Hall–Kier alpha value is -1.01. The van der Waals surface area contributed by atoms with Crippen LogP contribution >= 0.6 is 31.9 Å². The Kier molecular flexibility index (Phi) is 2.97. The number of para-hydroxylation sites is 2. The number of phenolic OH excluding ortho intramolecular Hbond substituents is 1. The molecule has 0 saturated heterocycles. The quantitative estimate of drug-likeness (QED) is 0.777. The summed E-state index contributed by atoms with van der Waals surface area (Å²) in [5, 5.41) is 15.3. The number of anilines is 1. The van der Waals surface area contributed by atoms with E-state index in [1.807, 2.05) is 6.07 Å². The Labute approximate surface area is 104 Å². The van der Waals surface area contributed by atoms with Crippen LogP contribution in [0.3, 0.4) is 0 Å². The first kappa shape index (κ1) is 10.5. The highest BCUT2D eigenvalue weighted by Crippen LogP contribution is 2.27. The first-order chi connectivity index (χ1) is 7.16. The molecular weight excluding hydrogens is 326 g/mol. The average Bonchev–Trinajstić information content (AvgIpc) is 2.16. The monoisotopic (exact) mass is 331 g/mol. The maximum atomic E-state index is 9.63. The molecule has 6 heteroatoms. The van der Waals surface area contributed by atoms with E-state index in [1.54, 1.807) is 24.3 Å². The van der Waals surface area contributed by atoms with Crippen molar-refractivity contribution in [2.45, 2.75) is 0 Å². The molecule has 1 aromatic carbocycles. The highest BCUT2D eigenvalue weighted by atomic mass is 79.9. The average molecular weight is 333 g/mol. The molecule has 0 aromatic heterocycles. The molecule has 2 rings (SSSR count). The molecule has 0 aliphatic carbocycles. The van der Waals surface area contributed by atoms with Gasteiger partial charge in [-0.25, -0.2) is 0 Å². The van der Waals surface area contributed by atoms with Crippen LogP contribution in [0.15, 0.2) is 40.0 Å². The summed E-state index contributed by atoms with van der Waals surface area (Å²) in [5.41, 5.74) is 3.52. The van der Waals surface area contributed by atoms with E-state index < -0.39 is 0 Å². The highest BCUT2D eigenvalue weighted by Gasteiger charge is 2.14. The number of rotatable bonds is 1. The smallest absolute Gasteiger partial charge is 0.143 e. The van der Waals surface area contributed by atoms with Gasteiger partial charge in [0.05, 0.1) is 0 Å². The minimum absolute atomic E-state index is 0.163. The molecule has 1 aromatic rings. The molecule has 0 radical (unpaired) electrons. The van der Waals surface area contributed by atoms with Gasteiger partial charge < -0.3 is 5.11 Å². The number of hydrazone groups is 1. The number of phenols is 1. The topological polar surface area (TPSA) is 47.9 Å². The van der Waals surface area contributed by atoms with Gasteiger partial charge in [-0.3, -0.25) is 5.43 Å². The summed E-state index contributed by atoms with van der Waals surface area (Å²) in [6.07, 6.45) is 1.77. The zero-order chi connectivity index (χ0) is 10.8. The van der Waals surface area contributed by atoms with Crippen LogP contribution < -0.4 is 10.5 Å². The number of hydrogen-bond donors (Lipinski definition) is 2. The van der Waals surface area contributed by atoms with Crippen LogP contribution in [0.5, 0.6) is 5.75 Å². The fourth-order valence-corrected chi connectivity index (χ4v) is 2.22. The van der Waals surface area contributed by atoms with Crippen LogP contribution in [0.1, 0.15) is 0 Å². The fraction of sp³-hybridized carbons (Fsp3) is 0. The minimum Gasteiger partial charge on any atom is -0.506 e. The lowest BCUT2D eigenvalue weighted by atomic mass is 10.3. The van der Waals surface area contributed by atoms with E-state index >= 15 is 0 Å². The highest BCUT2D eigenvalue weighted by molar-refractivity contribution is 9.18. The molecule has 0 atom stereocenters. The Morgan fingerprint density at radius 2 is 2.00 bits per heavy atom. The van der Waals surface area contributed by atoms with Gasteiger partial charge in [0, 0.05) is 6.08 Å². The van der Waals surface area contributed by atoms with E-state index in [2.05, 4.69) is 42.4 Å². The van der Waals surface area contributed by atoms with Crippen molar-refractivity contribution in [2.75, 3.05) is 5.12 Å². The number of halogens is 2. The second kappa shape index (κ2) is 4.24. The Morgan fingerprint density at radius 3 is 2.67 bits per heavy atom. The van der Waals surface area contributed by atoms with E-state index in [0.29, 0.717) is 10.3 Å². The number of aromatic hydroxyl groups is 1. The van der Waals surface area contributed by atoms with Gasteiger partial charge in [-0.2, -0.15) is 5.12 Å². The van der Waals surface area contributed by atoms with Gasteiger partial charge in [0.1, 0.15) is 20.7 Å². The summed E-state index contributed by atoms with van der Waals surface area (Å²) >= 11 is 6.58. The van der Waals surface area contributed by atoms with Crippen molar-refractivity contribution in [3.8, 4) is 5.75 Å². The molecule has 1 aliphatic rings. The third-order valence-electron chi connectivity index (χ3n) is 1.76. The summed E-state index contributed by atoms with van der Waals surface area (Å²) in [5.74, 6) is 0.163. The lowest BCUT2D eigenvalue weighted by Gasteiger charge is -2.24. The minimum atomic E-state index is 0.163. The van der Waals surface area contributed by atoms with Crippen molar-refractivity contribution in [1.29, 1.82) is 0 Å². The molecule has 15 heavy (non-hydrogen) atoms. The van der Waals surface area contributed by atoms with E-state index in [9.17, 15) is 5.11 Å². The normalized spacial score (nSPS) is 15.5. The SMILES string of the molecule is Oc1ccccc1N1N=C(Br)C=C(Br)N1. The van der Waals surface area contributed by atoms with Crippen LogP contribution in [0.2, 0.25) is 0 Å². The first-order valence-electron chi connectivity index (χ1n) is 4.13. The van der Waals surface area contributed by atoms with E-state index in [0.717, 1.165) is 4.61 Å². The lowest BCUT2D eigenvalue weighted by molar-refractivity contribution is 0.472. The van der Waals surface area contributed by atoms with Crippen molar-refractivity contribution >= 4 is 42.2 Å². The fourth-order valence-electron chi connectivity index (χ4n) is 1.14. The summed E-state index contributed by atoms with van der Waals surface area (Å²) in [4.78, 5) is 0. The third kappa shape index (κ3) is 2.32. The molecule has 0 fully saturated rings. The standard InChI is InChI=1S/C9H7Br2N3O/c10-8-5-9(11)13-14(12-8)6-3-1-2-4-7(6)15/h1-5,12,15H. The van der Waals surface area contributed by atoms with Gasteiger partial charge >= 0.3 is 0 Å². The maximum absolute atomic E-state index is 9.63. The summed E-state index contributed by atoms with van der Waals surface area (Å²) in [7, 11) is 0. The van der Waals surface area contributed by atoms with E-state index in [-0.39, 0.29) is 5.75 Å². The molecule has 2 N–H and O–H groups in total.